The smallest absolute Gasteiger partial charge is 0.375 e. The number of fused-ring (bicyclic) bond motifs is 1. The SMILES string of the molecule is CCN(CC)C1=C(C)C(=O)[C@@]2([Si](C)(C)C)[C@@](OC)(c3ccc(C(F)(F)F)cc3)[C@@]12[Si](C)(C)C. The molecule has 0 amide bonds. The minimum atomic E-state index is -4.41. The number of allylic oxidation sites excluding steroid dienone is 1. The van der Waals surface area contributed by atoms with E-state index in [-0.39, 0.29) is 5.78 Å². The van der Waals surface area contributed by atoms with E-state index in [0.29, 0.717) is 5.56 Å². The molecule has 184 valence electrons. The maximum Gasteiger partial charge on any atom is 0.416 e. The number of Topliss-reactive ketones (excluding diaryl/α,β-unsaturated/α-hetero) is 1. The first-order valence-electron chi connectivity index (χ1n) is 11.7. The van der Waals surface area contributed by atoms with Crippen molar-refractivity contribution < 1.29 is 22.7 Å². The molecule has 0 spiro atoms. The number of ketones is 1. The highest BCUT2D eigenvalue weighted by atomic mass is 28.3. The predicted octanol–water partition coefficient (Wildman–Crippen LogP) is 6.92. The first kappa shape index (κ1) is 26.2. The van der Waals surface area contributed by atoms with Gasteiger partial charge in [0, 0.05) is 31.5 Å². The van der Waals surface area contributed by atoms with Gasteiger partial charge in [-0.25, -0.2) is 0 Å². The van der Waals surface area contributed by atoms with Gasteiger partial charge >= 0.3 is 6.18 Å². The zero-order chi connectivity index (χ0) is 25.4. The molecule has 1 aromatic rings. The van der Waals surface area contributed by atoms with Crippen LogP contribution in [0.5, 0.6) is 0 Å². The fourth-order valence-electron chi connectivity index (χ4n) is 7.52. The Balaban J connectivity index is 2.48. The summed E-state index contributed by atoms with van der Waals surface area (Å²) in [7, 11) is -2.87. The van der Waals surface area contributed by atoms with E-state index in [1.807, 2.05) is 6.92 Å². The first-order chi connectivity index (χ1) is 15.0. The second kappa shape index (κ2) is 7.55. The summed E-state index contributed by atoms with van der Waals surface area (Å²) in [5, 5.41) is -1.30. The van der Waals surface area contributed by atoms with Crippen LogP contribution >= 0.6 is 0 Å². The van der Waals surface area contributed by atoms with Gasteiger partial charge in [0.15, 0.2) is 5.78 Å². The Labute approximate surface area is 198 Å². The van der Waals surface area contributed by atoms with Crippen molar-refractivity contribution in [3.05, 3.63) is 46.7 Å². The Morgan fingerprint density at radius 2 is 1.36 bits per heavy atom. The van der Waals surface area contributed by atoms with Crippen LogP contribution in [0.25, 0.3) is 0 Å². The number of hydrogen-bond donors (Lipinski definition) is 0. The number of nitrogens with zero attached hydrogens (tertiary/aromatic N) is 1. The summed E-state index contributed by atoms with van der Waals surface area (Å²) in [5.41, 5.74) is 0.917. The molecule has 0 N–H and O–H groups in total. The maximum atomic E-state index is 14.4. The number of rotatable bonds is 7. The van der Waals surface area contributed by atoms with Gasteiger partial charge in [-0.3, -0.25) is 4.79 Å². The summed E-state index contributed by atoms with van der Waals surface area (Å²) in [6, 6.07) is 5.38. The van der Waals surface area contributed by atoms with Gasteiger partial charge in [-0.2, -0.15) is 13.2 Å². The van der Waals surface area contributed by atoms with Gasteiger partial charge in [0.25, 0.3) is 0 Å². The van der Waals surface area contributed by atoms with E-state index in [0.717, 1.165) is 36.5 Å². The van der Waals surface area contributed by atoms with Crippen LogP contribution in [-0.4, -0.2) is 47.0 Å². The molecule has 0 aliphatic heterocycles. The van der Waals surface area contributed by atoms with Crippen molar-refractivity contribution in [2.24, 2.45) is 0 Å². The van der Waals surface area contributed by atoms with E-state index in [1.54, 1.807) is 19.2 Å². The second-order valence-electron chi connectivity index (χ2n) is 11.4. The lowest BCUT2D eigenvalue weighted by molar-refractivity contribution is -0.137. The fourth-order valence-corrected chi connectivity index (χ4v) is 17.5. The number of carbonyl (C=O) groups is 1. The number of methoxy groups -OCH3 is 1. The maximum absolute atomic E-state index is 14.4. The van der Waals surface area contributed by atoms with Crippen molar-refractivity contribution in [3.8, 4) is 0 Å². The lowest BCUT2D eigenvalue weighted by Crippen LogP contribution is -2.44. The van der Waals surface area contributed by atoms with Gasteiger partial charge in [0.2, 0.25) is 0 Å². The summed E-state index contributed by atoms with van der Waals surface area (Å²) in [6.45, 7) is 21.1. The molecule has 1 aromatic carbocycles. The molecule has 3 nitrogen and oxygen atoms in total. The van der Waals surface area contributed by atoms with Crippen LogP contribution in [-0.2, 0) is 21.3 Å². The van der Waals surface area contributed by atoms with Gasteiger partial charge in [-0.15, -0.1) is 0 Å². The molecular weight excluding hydrogens is 459 g/mol. The molecule has 0 saturated heterocycles. The van der Waals surface area contributed by atoms with Crippen molar-refractivity contribution >= 4 is 21.9 Å². The largest absolute Gasteiger partial charge is 0.416 e. The van der Waals surface area contributed by atoms with E-state index >= 15 is 0 Å². The average Bonchev–Trinajstić information content (AvgIpc) is 3.23. The molecule has 2 aliphatic rings. The number of alkyl halides is 3. The molecule has 0 heterocycles. The Hall–Kier alpha value is -1.39. The number of carbonyl (C=O) groups excluding carboxylic acids is 1. The van der Waals surface area contributed by atoms with Crippen molar-refractivity contribution in [2.45, 2.75) is 81.9 Å². The highest BCUT2D eigenvalue weighted by Crippen LogP contribution is 3.00. The van der Waals surface area contributed by atoms with E-state index in [2.05, 4.69) is 58.0 Å². The highest BCUT2D eigenvalue weighted by molar-refractivity contribution is 6.93. The summed E-state index contributed by atoms with van der Waals surface area (Å²) < 4.78 is 46.6. The van der Waals surface area contributed by atoms with Crippen molar-refractivity contribution in [3.63, 3.8) is 0 Å². The van der Waals surface area contributed by atoms with Gasteiger partial charge in [-0.05, 0) is 38.5 Å². The zero-order valence-corrected chi connectivity index (χ0v) is 23.6. The molecule has 0 radical (unpaired) electrons. The molecule has 0 bridgehead atoms. The Morgan fingerprint density at radius 1 is 0.909 bits per heavy atom. The molecule has 1 saturated carbocycles. The van der Waals surface area contributed by atoms with Crippen LogP contribution < -0.4 is 0 Å². The lowest BCUT2D eigenvalue weighted by Gasteiger charge is -2.41. The van der Waals surface area contributed by atoms with Crippen LogP contribution in [0.15, 0.2) is 35.5 Å². The van der Waals surface area contributed by atoms with E-state index < -0.39 is 43.6 Å². The molecule has 0 unspecified atom stereocenters. The molecular formula is C25H38F3NO2Si2. The summed E-state index contributed by atoms with van der Waals surface area (Å²) in [4.78, 5) is 16.7. The van der Waals surface area contributed by atoms with Gasteiger partial charge < -0.3 is 9.64 Å². The third kappa shape index (κ3) is 2.80. The molecule has 0 aromatic heterocycles. The summed E-state index contributed by atoms with van der Waals surface area (Å²) >= 11 is 0. The predicted molar refractivity (Wildman–Crippen MR) is 133 cm³/mol. The summed E-state index contributed by atoms with van der Waals surface area (Å²) in [5.74, 6) is 0.132. The minimum Gasteiger partial charge on any atom is -0.375 e. The quantitative estimate of drug-likeness (QED) is 0.383. The number of halogens is 3. The normalized spacial score (nSPS) is 30.0. The first-order valence-corrected chi connectivity index (χ1v) is 18.7. The minimum absolute atomic E-state index is 0.132. The monoisotopic (exact) mass is 497 g/mol. The molecule has 2 aliphatic carbocycles. The van der Waals surface area contributed by atoms with Gasteiger partial charge in [-0.1, -0.05) is 51.4 Å². The highest BCUT2D eigenvalue weighted by Gasteiger charge is 3.00. The summed E-state index contributed by atoms with van der Waals surface area (Å²) in [6.07, 6.45) is -4.41. The van der Waals surface area contributed by atoms with Crippen LogP contribution in [0, 0.1) is 0 Å². The molecule has 3 rings (SSSR count). The van der Waals surface area contributed by atoms with Crippen LogP contribution in [0.3, 0.4) is 0 Å². The standard InChI is InChI=1S/C25H38F3NO2Si2/c1-11-29(12-2)20-17(3)21(30)24(33(8,9)10)22(31-4,23(20,24)32(5,6)7)18-13-15-19(16-14-18)25(26,27)28/h13-16H,11-12H2,1-10H3/t22-,23+,24-/m1/s1. The third-order valence-electron chi connectivity index (χ3n) is 8.20. The van der Waals surface area contributed by atoms with Gasteiger partial charge in [0.1, 0.15) is 5.60 Å². The molecule has 3 atom stereocenters. The van der Waals surface area contributed by atoms with Gasteiger partial charge in [0.05, 0.1) is 31.8 Å². The second-order valence-corrected chi connectivity index (χ2v) is 21.9. The average molecular weight is 498 g/mol. The number of benzene rings is 1. The molecule has 8 heteroatoms. The van der Waals surface area contributed by atoms with Crippen molar-refractivity contribution in [2.75, 3.05) is 20.2 Å². The van der Waals surface area contributed by atoms with Crippen LogP contribution in [0.2, 0.25) is 49.4 Å². The zero-order valence-electron chi connectivity index (χ0n) is 21.6. The van der Waals surface area contributed by atoms with Crippen molar-refractivity contribution in [1.82, 2.24) is 4.90 Å². The van der Waals surface area contributed by atoms with E-state index in [9.17, 15) is 18.0 Å². The Morgan fingerprint density at radius 3 is 1.70 bits per heavy atom. The van der Waals surface area contributed by atoms with Crippen molar-refractivity contribution in [1.29, 1.82) is 0 Å². The Kier molecular flexibility index (Phi) is 6.00. The lowest BCUT2D eigenvalue weighted by atomic mass is 9.95. The number of hydrogen-bond acceptors (Lipinski definition) is 3. The van der Waals surface area contributed by atoms with E-state index in [1.165, 1.54) is 0 Å². The third-order valence-corrected chi connectivity index (χ3v) is 14.9. The van der Waals surface area contributed by atoms with Crippen LogP contribution in [0.1, 0.15) is 31.9 Å². The topological polar surface area (TPSA) is 29.5 Å². The molecule has 33 heavy (non-hydrogen) atoms. The van der Waals surface area contributed by atoms with Crippen LogP contribution in [0.4, 0.5) is 13.2 Å². The number of ether oxygens (including phenoxy) is 1. The fraction of sp³-hybridized carbons (Fsp3) is 0.640. The Bertz CT molecular complexity index is 987. The molecule has 1 fully saturated rings. The van der Waals surface area contributed by atoms with E-state index in [4.69, 9.17) is 4.74 Å².